The van der Waals surface area contributed by atoms with Gasteiger partial charge in [-0.3, -0.25) is 0 Å². The Labute approximate surface area is 76.5 Å². The molecule has 7 heavy (non-hydrogen) atoms. The van der Waals surface area contributed by atoms with Gasteiger partial charge in [0.25, 0.3) is 0 Å². The molecule has 0 aliphatic rings. The van der Waals surface area contributed by atoms with Crippen LogP contribution in [0, 0.1) is 0 Å². The first-order valence-electron chi connectivity index (χ1n) is 0.756. The van der Waals surface area contributed by atoms with Crippen LogP contribution in [-0.2, 0) is 21.1 Å². The van der Waals surface area contributed by atoms with Crippen LogP contribution in [0.15, 0.2) is 0 Å². The van der Waals surface area contributed by atoms with E-state index in [1.54, 1.807) is 8.71 Å². The maximum absolute atomic E-state index is 4.51. The molecule has 0 aromatic heterocycles. The van der Waals surface area contributed by atoms with Crippen LogP contribution in [0.5, 0.6) is 0 Å². The van der Waals surface area contributed by atoms with Crippen LogP contribution < -0.4 is 8.71 Å². The van der Waals surface area contributed by atoms with Gasteiger partial charge in [0.15, 0.2) is 0 Å². The van der Waals surface area contributed by atoms with Gasteiger partial charge in [-0.2, -0.15) is 0 Å². The van der Waals surface area contributed by atoms with Gasteiger partial charge < -0.3 is 0 Å². The molecule has 0 heterocycles. The van der Waals surface area contributed by atoms with Gasteiger partial charge in [-0.25, -0.2) is 0 Å². The number of nitrogens with one attached hydrogen (secondary N) is 2. The van der Waals surface area contributed by atoms with Crippen LogP contribution >= 0.6 is 47.1 Å². The van der Waals surface area contributed by atoms with Crippen LogP contribution in [-0.4, -0.2) is 0 Å². The smallest absolute Gasteiger partial charge is 0 e. The second kappa shape index (κ2) is 25.1. The second-order valence-electron chi connectivity index (χ2n) is 0.143. The minimum Gasteiger partial charge on any atom is -0.145 e. The van der Waals surface area contributed by atoms with E-state index in [4.69, 9.17) is 0 Å². The zero-order valence-electron chi connectivity index (χ0n) is 2.83. The molecule has 0 radical (unpaired) electrons. The molecule has 0 aromatic rings. The van der Waals surface area contributed by atoms with Gasteiger partial charge in [-0.05, 0) is 47.1 Å². The SMILES string of the molecule is ClNCl.ClNCl.[Pt]. The van der Waals surface area contributed by atoms with Gasteiger partial charge in [-0.1, -0.05) is 0 Å². The molecule has 0 spiro atoms. The summed E-state index contributed by atoms with van der Waals surface area (Å²) in [6, 6.07) is 0. The van der Waals surface area contributed by atoms with E-state index in [-0.39, 0.29) is 21.1 Å². The van der Waals surface area contributed by atoms with E-state index in [1.807, 2.05) is 0 Å². The van der Waals surface area contributed by atoms with Crippen molar-refractivity contribution in [2.24, 2.45) is 0 Å². The minimum absolute atomic E-state index is 0. The van der Waals surface area contributed by atoms with Crippen molar-refractivity contribution in [2.75, 3.05) is 0 Å². The van der Waals surface area contributed by atoms with Crippen LogP contribution in [0.4, 0.5) is 0 Å². The number of hydrogen-bond acceptors (Lipinski definition) is 2. The van der Waals surface area contributed by atoms with Crippen molar-refractivity contribution in [2.45, 2.75) is 0 Å². The predicted molar refractivity (Wildman–Crippen MR) is 29.7 cm³/mol. The Balaban J connectivity index is -0.0000000400. The molecule has 0 unspecified atom stereocenters. The van der Waals surface area contributed by atoms with Crippen molar-refractivity contribution >= 4 is 47.1 Å². The average molecular weight is 367 g/mol. The third-order valence-electron chi connectivity index (χ3n) is 0. The molecule has 0 aliphatic carbocycles. The Kier molecular flexibility index (Phi) is 56.9. The zero-order valence-corrected chi connectivity index (χ0v) is 8.12. The van der Waals surface area contributed by atoms with Crippen LogP contribution in [0.3, 0.4) is 0 Å². The molecule has 0 atom stereocenters. The van der Waals surface area contributed by atoms with Gasteiger partial charge in [0.2, 0.25) is 0 Å². The molecule has 0 aromatic carbocycles. The molecule has 0 amide bonds. The summed E-state index contributed by atoms with van der Waals surface area (Å²) in [6.45, 7) is 0. The molecule has 50 valence electrons. The molecule has 0 bridgehead atoms. The molecule has 0 fully saturated rings. The van der Waals surface area contributed by atoms with E-state index < -0.39 is 0 Å². The molecular weight excluding hydrogens is 365 g/mol. The molecule has 0 saturated heterocycles. The first-order valence-corrected chi connectivity index (χ1v) is 2.27. The summed E-state index contributed by atoms with van der Waals surface area (Å²) in [4.78, 5) is 0. The van der Waals surface area contributed by atoms with Crippen molar-refractivity contribution in [3.05, 3.63) is 0 Å². The summed E-state index contributed by atoms with van der Waals surface area (Å²) in [5.74, 6) is 0. The predicted octanol–water partition coefficient (Wildman–Crippen LogP) is 1.76. The molecule has 2 N–H and O–H groups in total. The summed E-state index contributed by atoms with van der Waals surface area (Å²) in [7, 11) is 0. The standard InChI is InChI=1S/2Cl2HN.Pt/c2*1-3-2;/h2*3H;. The van der Waals surface area contributed by atoms with Gasteiger partial charge in [0.05, 0.1) is 0 Å². The van der Waals surface area contributed by atoms with Gasteiger partial charge in [0.1, 0.15) is 0 Å². The summed E-state index contributed by atoms with van der Waals surface area (Å²) < 4.78 is 3.39. The van der Waals surface area contributed by atoms with Crippen LogP contribution in [0.2, 0.25) is 0 Å². The van der Waals surface area contributed by atoms with Crippen molar-refractivity contribution in [3.8, 4) is 0 Å². The van der Waals surface area contributed by atoms with E-state index in [1.165, 1.54) is 0 Å². The molecule has 0 saturated carbocycles. The fraction of sp³-hybridized carbons (Fsp3) is 0. The summed E-state index contributed by atoms with van der Waals surface area (Å²) >= 11 is 18.1. The van der Waals surface area contributed by atoms with E-state index in [0.29, 0.717) is 0 Å². The Morgan fingerprint density at radius 2 is 0.714 bits per heavy atom. The third-order valence-corrected chi connectivity index (χ3v) is 0. The monoisotopic (exact) mass is 365 g/mol. The topological polar surface area (TPSA) is 24.1 Å². The molecule has 0 aliphatic heterocycles. The second-order valence-corrected chi connectivity index (χ2v) is 1.29. The van der Waals surface area contributed by atoms with Crippen molar-refractivity contribution in [3.63, 3.8) is 0 Å². The van der Waals surface area contributed by atoms with Crippen molar-refractivity contribution in [1.29, 1.82) is 0 Å². The van der Waals surface area contributed by atoms with E-state index in [9.17, 15) is 0 Å². The van der Waals surface area contributed by atoms with E-state index in [2.05, 4.69) is 47.1 Å². The fourth-order valence-corrected chi connectivity index (χ4v) is 0. The van der Waals surface area contributed by atoms with Gasteiger partial charge in [0, 0.05) is 21.1 Å². The van der Waals surface area contributed by atoms with Crippen LogP contribution in [0.25, 0.3) is 0 Å². The Hall–Kier alpha value is 1.77. The first-order chi connectivity index (χ1) is 2.83. The van der Waals surface area contributed by atoms with Crippen molar-refractivity contribution in [1.82, 2.24) is 8.71 Å². The Morgan fingerprint density at radius 3 is 0.714 bits per heavy atom. The van der Waals surface area contributed by atoms with E-state index in [0.717, 1.165) is 0 Å². The summed E-state index contributed by atoms with van der Waals surface area (Å²) in [6.07, 6.45) is 0. The van der Waals surface area contributed by atoms with Crippen molar-refractivity contribution < 1.29 is 21.1 Å². The normalized spacial score (nSPS) is 5.14. The largest absolute Gasteiger partial charge is 0.145 e. The quantitative estimate of drug-likeness (QED) is 0.638. The first kappa shape index (κ1) is 15.9. The summed E-state index contributed by atoms with van der Waals surface area (Å²) in [5, 5.41) is 0. The number of rotatable bonds is 0. The number of halogens is 4. The zero-order chi connectivity index (χ0) is 5.41. The minimum atomic E-state index is 0. The van der Waals surface area contributed by atoms with E-state index >= 15 is 0 Å². The number of hydrogen-bond donors (Lipinski definition) is 2. The maximum Gasteiger partial charge on any atom is 0 e. The van der Waals surface area contributed by atoms with Gasteiger partial charge in [-0.15, -0.1) is 8.71 Å². The van der Waals surface area contributed by atoms with Crippen LogP contribution in [0.1, 0.15) is 0 Å². The molecule has 7 heteroatoms. The third kappa shape index (κ3) is 82.7. The molecular formula is H2Cl4N2Pt. The Bertz CT molecular complexity index is 11.7. The molecule has 0 rings (SSSR count). The Morgan fingerprint density at radius 1 is 0.714 bits per heavy atom. The molecule has 2 nitrogen and oxygen atoms in total. The maximum atomic E-state index is 4.51. The van der Waals surface area contributed by atoms with Gasteiger partial charge >= 0.3 is 0 Å². The fourth-order valence-electron chi connectivity index (χ4n) is 0. The average Bonchev–Trinajstić information content (AvgIpc) is 1.39. The summed E-state index contributed by atoms with van der Waals surface area (Å²) in [5.41, 5.74) is 0.